The van der Waals surface area contributed by atoms with Gasteiger partial charge in [-0.1, -0.05) is 6.07 Å². The maximum atomic E-state index is 11.4. The van der Waals surface area contributed by atoms with Gasteiger partial charge >= 0.3 is 12.2 Å². The van der Waals surface area contributed by atoms with Crippen LogP contribution in [0.3, 0.4) is 0 Å². The number of amides is 2. The molecule has 0 aliphatic carbocycles. The zero-order valence-electron chi connectivity index (χ0n) is 14.1. The fourth-order valence-corrected chi connectivity index (χ4v) is 2.08. The van der Waals surface area contributed by atoms with Crippen LogP contribution in [0.2, 0.25) is 0 Å². The third-order valence-corrected chi connectivity index (χ3v) is 3.06. The number of carbonyl (C=O) groups is 2. The van der Waals surface area contributed by atoms with Crippen LogP contribution >= 0.6 is 24.4 Å². The van der Waals surface area contributed by atoms with Gasteiger partial charge in [-0.15, -0.1) is 0 Å². The topological polar surface area (TPSA) is 101 Å². The van der Waals surface area contributed by atoms with Crippen molar-refractivity contribution in [3.8, 4) is 0 Å². The second kappa shape index (κ2) is 10.4. The second-order valence-corrected chi connectivity index (χ2v) is 5.46. The van der Waals surface area contributed by atoms with Gasteiger partial charge in [0.2, 0.25) is 0 Å². The highest BCUT2D eigenvalue weighted by Crippen LogP contribution is 2.23. The van der Waals surface area contributed by atoms with Crippen molar-refractivity contribution < 1.29 is 19.1 Å². The lowest BCUT2D eigenvalue weighted by Crippen LogP contribution is -2.36. The molecule has 0 aliphatic rings. The number of thiocarbonyl (C=S) groups is 2. The van der Waals surface area contributed by atoms with E-state index in [1.807, 2.05) is 13.0 Å². The van der Waals surface area contributed by atoms with Crippen molar-refractivity contribution in [2.75, 3.05) is 23.8 Å². The van der Waals surface area contributed by atoms with E-state index in [-0.39, 0.29) is 23.4 Å². The van der Waals surface area contributed by atoms with Crippen LogP contribution in [0.15, 0.2) is 18.2 Å². The molecule has 0 radical (unpaired) electrons. The highest BCUT2D eigenvalue weighted by molar-refractivity contribution is 7.80. The van der Waals surface area contributed by atoms with E-state index in [0.717, 1.165) is 5.56 Å². The van der Waals surface area contributed by atoms with Crippen molar-refractivity contribution in [3.63, 3.8) is 0 Å². The lowest BCUT2D eigenvalue weighted by Gasteiger charge is -2.16. The van der Waals surface area contributed by atoms with Crippen molar-refractivity contribution in [2.24, 2.45) is 0 Å². The Balaban J connectivity index is 2.78. The van der Waals surface area contributed by atoms with Crippen LogP contribution in [-0.4, -0.2) is 35.6 Å². The Kier molecular flexibility index (Phi) is 8.57. The standard InChI is InChI=1S/C15H20N4O4S2/c1-4-22-14(20)18-12(24)16-10-7-6-9(3)8-11(10)17-13(25)19-15(21)23-5-2/h6-8H,4-5H2,1-3H3,(H2,16,18,20,24)(H2,17,19,21,25). The number of ether oxygens (including phenoxy) is 2. The van der Waals surface area contributed by atoms with Crippen LogP contribution < -0.4 is 21.3 Å². The van der Waals surface area contributed by atoms with E-state index in [4.69, 9.17) is 33.9 Å². The smallest absolute Gasteiger partial charge is 0.413 e. The summed E-state index contributed by atoms with van der Waals surface area (Å²) < 4.78 is 9.52. The van der Waals surface area contributed by atoms with E-state index in [2.05, 4.69) is 21.3 Å². The fraction of sp³-hybridized carbons (Fsp3) is 0.333. The van der Waals surface area contributed by atoms with Gasteiger partial charge in [0.25, 0.3) is 0 Å². The largest absolute Gasteiger partial charge is 0.450 e. The third kappa shape index (κ3) is 7.77. The normalized spacial score (nSPS) is 9.56. The summed E-state index contributed by atoms with van der Waals surface area (Å²) in [5.41, 5.74) is 2.08. The van der Waals surface area contributed by atoms with Crippen molar-refractivity contribution in [1.29, 1.82) is 0 Å². The average Bonchev–Trinajstić information content (AvgIpc) is 2.50. The van der Waals surface area contributed by atoms with Crippen LogP contribution in [-0.2, 0) is 9.47 Å². The third-order valence-electron chi connectivity index (χ3n) is 2.65. The molecular weight excluding hydrogens is 364 g/mol. The molecule has 0 spiro atoms. The zero-order valence-corrected chi connectivity index (χ0v) is 15.7. The summed E-state index contributed by atoms with van der Waals surface area (Å²) >= 11 is 10.1. The first-order valence-corrected chi connectivity index (χ1v) is 8.27. The molecule has 0 atom stereocenters. The molecule has 0 saturated heterocycles. The zero-order chi connectivity index (χ0) is 18.8. The number of benzene rings is 1. The van der Waals surface area contributed by atoms with Gasteiger partial charge in [0, 0.05) is 0 Å². The molecule has 0 saturated carbocycles. The minimum Gasteiger partial charge on any atom is -0.450 e. The Labute approximate surface area is 156 Å². The van der Waals surface area contributed by atoms with Crippen molar-refractivity contribution >= 4 is 58.2 Å². The van der Waals surface area contributed by atoms with Crippen LogP contribution in [0.4, 0.5) is 21.0 Å². The van der Waals surface area contributed by atoms with E-state index in [9.17, 15) is 9.59 Å². The molecule has 1 aromatic carbocycles. The average molecular weight is 384 g/mol. The van der Waals surface area contributed by atoms with Gasteiger partial charge in [0.05, 0.1) is 24.6 Å². The summed E-state index contributed by atoms with van der Waals surface area (Å²) in [6.07, 6.45) is -1.30. The molecule has 1 aromatic rings. The summed E-state index contributed by atoms with van der Waals surface area (Å²) in [7, 11) is 0. The Morgan fingerprint density at radius 1 is 0.920 bits per heavy atom. The molecule has 10 heteroatoms. The maximum absolute atomic E-state index is 11.4. The lowest BCUT2D eigenvalue weighted by atomic mass is 10.2. The molecule has 2 amide bonds. The number of hydrogen-bond donors (Lipinski definition) is 4. The maximum Gasteiger partial charge on any atom is 0.413 e. The highest BCUT2D eigenvalue weighted by Gasteiger charge is 2.11. The summed E-state index contributed by atoms with van der Waals surface area (Å²) in [6.45, 7) is 5.75. The molecule has 0 fully saturated rings. The van der Waals surface area contributed by atoms with Crippen LogP contribution in [0, 0.1) is 6.92 Å². The first kappa shape index (κ1) is 20.6. The number of nitrogens with one attached hydrogen (secondary N) is 4. The summed E-state index contributed by atoms with van der Waals surface area (Å²) in [6, 6.07) is 5.40. The Bertz CT molecular complexity index is 667. The fourth-order valence-electron chi connectivity index (χ4n) is 1.70. The molecule has 0 unspecified atom stereocenters. The molecule has 0 aliphatic heterocycles. The van der Waals surface area contributed by atoms with Crippen LogP contribution in [0.1, 0.15) is 19.4 Å². The molecule has 8 nitrogen and oxygen atoms in total. The minimum atomic E-state index is -0.652. The van der Waals surface area contributed by atoms with Crippen LogP contribution in [0.25, 0.3) is 0 Å². The lowest BCUT2D eigenvalue weighted by molar-refractivity contribution is 0.157. The molecule has 4 N–H and O–H groups in total. The highest BCUT2D eigenvalue weighted by atomic mass is 32.1. The minimum absolute atomic E-state index is 0.0645. The van der Waals surface area contributed by atoms with Crippen LogP contribution in [0.5, 0.6) is 0 Å². The van der Waals surface area contributed by atoms with Gasteiger partial charge in [-0.3, -0.25) is 10.6 Å². The molecular formula is C15H20N4O4S2. The first-order valence-electron chi connectivity index (χ1n) is 7.45. The van der Waals surface area contributed by atoms with Crippen molar-refractivity contribution in [2.45, 2.75) is 20.8 Å². The number of carbonyl (C=O) groups excluding carboxylic acids is 2. The van der Waals surface area contributed by atoms with Gasteiger partial charge < -0.3 is 20.1 Å². The Morgan fingerprint density at radius 2 is 1.40 bits per heavy atom. The molecule has 136 valence electrons. The van der Waals surface area contributed by atoms with E-state index < -0.39 is 12.2 Å². The molecule has 0 heterocycles. The quantitative estimate of drug-likeness (QED) is 0.588. The predicted octanol–water partition coefficient (Wildman–Crippen LogP) is 2.88. The monoisotopic (exact) mass is 384 g/mol. The molecule has 0 aromatic heterocycles. The second-order valence-electron chi connectivity index (χ2n) is 4.65. The number of aryl methyl sites for hydroxylation is 1. The molecule has 25 heavy (non-hydrogen) atoms. The van der Waals surface area contributed by atoms with Crippen molar-refractivity contribution in [3.05, 3.63) is 23.8 Å². The Morgan fingerprint density at radius 3 is 1.88 bits per heavy atom. The van der Waals surface area contributed by atoms with E-state index >= 15 is 0 Å². The Hall–Kier alpha value is -2.46. The number of hydrogen-bond acceptors (Lipinski definition) is 6. The number of rotatable bonds is 4. The van der Waals surface area contributed by atoms with E-state index in [1.54, 1.807) is 26.0 Å². The van der Waals surface area contributed by atoms with Gasteiger partial charge in [-0.25, -0.2) is 9.59 Å². The molecule has 1 rings (SSSR count). The predicted molar refractivity (Wildman–Crippen MR) is 104 cm³/mol. The SMILES string of the molecule is CCOC(=O)NC(=S)Nc1ccc(C)cc1NC(=S)NC(=O)OCC. The number of alkyl carbamates (subject to hydrolysis) is 2. The molecule has 0 bridgehead atoms. The summed E-state index contributed by atoms with van der Waals surface area (Å²) in [4.78, 5) is 22.8. The van der Waals surface area contributed by atoms with E-state index in [1.165, 1.54) is 0 Å². The summed E-state index contributed by atoms with van der Waals surface area (Å²) in [5, 5.41) is 10.6. The van der Waals surface area contributed by atoms with Crippen molar-refractivity contribution in [1.82, 2.24) is 10.6 Å². The first-order chi connectivity index (χ1) is 11.8. The van der Waals surface area contributed by atoms with Gasteiger partial charge in [0.1, 0.15) is 0 Å². The number of anilines is 2. The van der Waals surface area contributed by atoms with Gasteiger partial charge in [-0.05, 0) is 62.9 Å². The van der Waals surface area contributed by atoms with Gasteiger partial charge in [-0.2, -0.15) is 0 Å². The van der Waals surface area contributed by atoms with Gasteiger partial charge in [0.15, 0.2) is 10.2 Å². The summed E-state index contributed by atoms with van der Waals surface area (Å²) in [5.74, 6) is 0. The van der Waals surface area contributed by atoms with E-state index in [0.29, 0.717) is 11.4 Å².